The van der Waals surface area contributed by atoms with Gasteiger partial charge in [0.2, 0.25) is 5.78 Å². The van der Waals surface area contributed by atoms with Gasteiger partial charge in [0, 0.05) is 18.5 Å². The summed E-state index contributed by atoms with van der Waals surface area (Å²) in [6.07, 6.45) is 2.74. The quantitative estimate of drug-likeness (QED) is 0.266. The van der Waals surface area contributed by atoms with Crippen LogP contribution in [0.15, 0.2) is 60.2 Å². The number of nitrogens with zero attached hydrogens (tertiary/aromatic N) is 1. The topological polar surface area (TPSA) is 74.1 Å². The summed E-state index contributed by atoms with van der Waals surface area (Å²) in [5.74, 6) is -1.03. The smallest absolute Gasteiger partial charge is 0.295 e. The molecular formula is C26H32N2O4. The molecule has 6 heteroatoms. The zero-order valence-electron chi connectivity index (χ0n) is 19.1. The van der Waals surface area contributed by atoms with Crippen LogP contribution in [0, 0.1) is 0 Å². The zero-order chi connectivity index (χ0) is 23.1. The van der Waals surface area contributed by atoms with Crippen molar-refractivity contribution in [3.8, 4) is 5.75 Å². The molecule has 1 fully saturated rings. The fourth-order valence-corrected chi connectivity index (χ4v) is 3.88. The molecule has 2 aromatic carbocycles. The molecule has 1 N–H and O–H groups in total. The van der Waals surface area contributed by atoms with E-state index in [9.17, 15) is 14.7 Å². The van der Waals surface area contributed by atoms with Gasteiger partial charge in [0.25, 0.3) is 5.91 Å². The highest BCUT2D eigenvalue weighted by Crippen LogP contribution is 2.38. The lowest BCUT2D eigenvalue weighted by Crippen LogP contribution is -3.05. The Balaban J connectivity index is 1.95. The second-order valence-electron chi connectivity index (χ2n) is 8.42. The van der Waals surface area contributed by atoms with Crippen LogP contribution in [0.2, 0.25) is 0 Å². The van der Waals surface area contributed by atoms with E-state index in [0.717, 1.165) is 31.4 Å². The SMILES string of the molecule is CCCCOc1ccc(/C([O-])=C2\C(=O)C(=O)N(CCC[NH+](C)C)C2c2ccccc2)cc1. The number of rotatable bonds is 10. The van der Waals surface area contributed by atoms with Gasteiger partial charge >= 0.3 is 0 Å². The first-order valence-corrected chi connectivity index (χ1v) is 11.3. The van der Waals surface area contributed by atoms with Gasteiger partial charge in [-0.2, -0.15) is 0 Å². The van der Waals surface area contributed by atoms with Crippen molar-refractivity contribution in [2.75, 3.05) is 33.8 Å². The van der Waals surface area contributed by atoms with E-state index < -0.39 is 23.5 Å². The lowest BCUT2D eigenvalue weighted by Gasteiger charge is -2.27. The highest BCUT2D eigenvalue weighted by Gasteiger charge is 2.43. The maximum Gasteiger partial charge on any atom is 0.295 e. The number of benzene rings is 2. The van der Waals surface area contributed by atoms with Gasteiger partial charge in [-0.05, 0) is 29.7 Å². The first kappa shape index (κ1) is 23.5. The summed E-state index contributed by atoms with van der Waals surface area (Å²) < 4.78 is 5.67. The van der Waals surface area contributed by atoms with E-state index >= 15 is 0 Å². The number of nitrogens with one attached hydrogen (secondary N) is 1. The number of ketones is 1. The molecule has 3 rings (SSSR count). The van der Waals surface area contributed by atoms with Crippen LogP contribution >= 0.6 is 0 Å². The van der Waals surface area contributed by atoms with Gasteiger partial charge in [0.1, 0.15) is 5.75 Å². The molecule has 1 unspecified atom stereocenters. The molecule has 1 amide bonds. The van der Waals surface area contributed by atoms with Gasteiger partial charge in [0.15, 0.2) is 0 Å². The summed E-state index contributed by atoms with van der Waals surface area (Å²) in [6.45, 7) is 4.00. The van der Waals surface area contributed by atoms with E-state index in [4.69, 9.17) is 4.74 Å². The van der Waals surface area contributed by atoms with Crippen molar-refractivity contribution >= 4 is 17.4 Å². The minimum absolute atomic E-state index is 0.0260. The number of quaternary nitrogens is 1. The van der Waals surface area contributed by atoms with E-state index in [1.54, 1.807) is 29.2 Å². The number of likely N-dealkylation sites (tertiary alicyclic amines) is 1. The Morgan fingerprint density at radius 2 is 1.72 bits per heavy atom. The fourth-order valence-electron chi connectivity index (χ4n) is 3.88. The monoisotopic (exact) mass is 436 g/mol. The van der Waals surface area contributed by atoms with Gasteiger partial charge in [0.05, 0.1) is 33.3 Å². The van der Waals surface area contributed by atoms with Crippen molar-refractivity contribution in [2.45, 2.75) is 32.2 Å². The molecule has 0 aliphatic carbocycles. The van der Waals surface area contributed by atoms with Crippen molar-refractivity contribution in [3.05, 3.63) is 71.3 Å². The van der Waals surface area contributed by atoms with Crippen LogP contribution in [0.5, 0.6) is 5.75 Å². The summed E-state index contributed by atoms with van der Waals surface area (Å²) >= 11 is 0. The van der Waals surface area contributed by atoms with Crippen LogP contribution in [-0.2, 0) is 9.59 Å². The molecule has 0 bridgehead atoms. The molecule has 170 valence electrons. The molecule has 0 saturated carbocycles. The minimum atomic E-state index is -0.704. The molecule has 1 saturated heterocycles. The Morgan fingerprint density at radius 3 is 2.34 bits per heavy atom. The average molecular weight is 437 g/mol. The van der Waals surface area contributed by atoms with Crippen molar-refractivity contribution in [1.29, 1.82) is 0 Å². The Morgan fingerprint density at radius 1 is 1.03 bits per heavy atom. The number of ether oxygens (including phenoxy) is 1. The van der Waals surface area contributed by atoms with Crippen LogP contribution in [0.4, 0.5) is 0 Å². The third-order valence-electron chi connectivity index (χ3n) is 5.60. The van der Waals surface area contributed by atoms with Crippen LogP contribution in [0.3, 0.4) is 0 Å². The molecule has 1 aliphatic rings. The first-order chi connectivity index (χ1) is 15.4. The molecule has 0 aromatic heterocycles. The van der Waals surface area contributed by atoms with E-state index in [2.05, 4.69) is 6.92 Å². The highest BCUT2D eigenvalue weighted by atomic mass is 16.5. The number of hydrogen-bond acceptors (Lipinski definition) is 4. The molecule has 32 heavy (non-hydrogen) atoms. The van der Waals surface area contributed by atoms with Crippen molar-refractivity contribution < 1.29 is 24.3 Å². The predicted molar refractivity (Wildman–Crippen MR) is 122 cm³/mol. The molecule has 1 aliphatic heterocycles. The summed E-state index contributed by atoms with van der Waals surface area (Å²) in [7, 11) is 4.09. The van der Waals surface area contributed by atoms with Crippen molar-refractivity contribution in [1.82, 2.24) is 4.90 Å². The van der Waals surface area contributed by atoms with Crippen LogP contribution in [0.1, 0.15) is 43.4 Å². The molecule has 2 aromatic rings. The van der Waals surface area contributed by atoms with E-state index in [-0.39, 0.29) is 5.57 Å². The lowest BCUT2D eigenvalue weighted by molar-refractivity contribution is -0.858. The molecule has 0 spiro atoms. The molecule has 1 heterocycles. The lowest BCUT2D eigenvalue weighted by atomic mass is 9.95. The minimum Gasteiger partial charge on any atom is -0.872 e. The third kappa shape index (κ3) is 5.37. The Labute approximate surface area is 190 Å². The fraction of sp³-hybridized carbons (Fsp3) is 0.385. The number of unbranched alkanes of at least 4 members (excludes halogenated alkanes) is 1. The van der Waals surface area contributed by atoms with Gasteiger partial charge < -0.3 is 19.6 Å². The Bertz CT molecular complexity index is 952. The Kier molecular flexibility index (Phi) is 8.06. The van der Waals surface area contributed by atoms with E-state index in [0.29, 0.717) is 24.5 Å². The van der Waals surface area contributed by atoms with E-state index in [1.807, 2.05) is 44.4 Å². The molecule has 0 radical (unpaired) electrons. The van der Waals surface area contributed by atoms with Gasteiger partial charge in [-0.3, -0.25) is 9.59 Å². The van der Waals surface area contributed by atoms with Crippen molar-refractivity contribution in [3.63, 3.8) is 0 Å². The number of hydrogen-bond donors (Lipinski definition) is 1. The summed E-state index contributed by atoms with van der Waals surface area (Å²) in [6, 6.07) is 15.4. The molecule has 6 nitrogen and oxygen atoms in total. The summed E-state index contributed by atoms with van der Waals surface area (Å²) in [5, 5.41) is 13.4. The van der Waals surface area contributed by atoms with Gasteiger partial charge in [-0.25, -0.2) is 0 Å². The normalized spacial score (nSPS) is 17.9. The predicted octanol–water partition coefficient (Wildman–Crippen LogP) is 1.62. The largest absolute Gasteiger partial charge is 0.872 e. The first-order valence-electron chi connectivity index (χ1n) is 11.3. The average Bonchev–Trinajstić information content (AvgIpc) is 3.04. The summed E-state index contributed by atoms with van der Waals surface area (Å²) in [5.41, 5.74) is 1.18. The second kappa shape index (κ2) is 11.0. The van der Waals surface area contributed by atoms with Crippen LogP contribution in [-0.4, -0.2) is 50.4 Å². The van der Waals surface area contributed by atoms with Gasteiger partial charge in [-0.1, -0.05) is 61.6 Å². The summed E-state index contributed by atoms with van der Waals surface area (Å²) in [4.78, 5) is 28.7. The standard InChI is InChI=1S/C26H32N2O4/c1-4-5-18-32-21-14-12-20(13-15-21)24(29)22-23(19-10-7-6-8-11-19)28(26(31)25(22)30)17-9-16-27(2)3/h6-8,10-15,23,29H,4-5,9,16-18H2,1-3H3/b24-22+. The molecular weight excluding hydrogens is 404 g/mol. The highest BCUT2D eigenvalue weighted by molar-refractivity contribution is 6.46. The molecule has 1 atom stereocenters. The van der Waals surface area contributed by atoms with Crippen LogP contribution < -0.4 is 14.7 Å². The van der Waals surface area contributed by atoms with Crippen LogP contribution in [0.25, 0.3) is 5.76 Å². The number of carbonyl (C=O) groups is 2. The van der Waals surface area contributed by atoms with Gasteiger partial charge in [-0.15, -0.1) is 0 Å². The second-order valence-corrected chi connectivity index (χ2v) is 8.42. The zero-order valence-corrected chi connectivity index (χ0v) is 19.1. The maximum absolute atomic E-state index is 13.4. The van der Waals surface area contributed by atoms with E-state index in [1.165, 1.54) is 4.90 Å². The maximum atomic E-state index is 13.4. The number of Topliss-reactive ketones (excluding diaryl/α,β-unsaturated/α-hetero) is 1. The third-order valence-corrected chi connectivity index (χ3v) is 5.60. The number of amides is 1. The number of carbonyl (C=O) groups excluding carboxylic acids is 2. The Hall–Kier alpha value is -3.12. The van der Waals surface area contributed by atoms with Crippen molar-refractivity contribution in [2.24, 2.45) is 0 Å².